The molecule has 1 atom stereocenters. The second-order valence-corrected chi connectivity index (χ2v) is 5.81. The van der Waals surface area contributed by atoms with E-state index in [1.54, 1.807) is 0 Å². The van der Waals surface area contributed by atoms with Gasteiger partial charge in [-0.2, -0.15) is 0 Å². The van der Waals surface area contributed by atoms with Gasteiger partial charge in [-0.15, -0.1) is 0 Å². The van der Waals surface area contributed by atoms with E-state index in [-0.39, 0.29) is 5.97 Å². The van der Waals surface area contributed by atoms with E-state index in [1.807, 2.05) is 6.92 Å². The predicted molar refractivity (Wildman–Crippen MR) is 73.6 cm³/mol. The molecule has 0 heterocycles. The van der Waals surface area contributed by atoms with Crippen LogP contribution in [0.4, 0.5) is 0 Å². The Hall–Kier alpha value is -0.610. The van der Waals surface area contributed by atoms with Crippen LogP contribution in [0.1, 0.15) is 47.0 Å². The monoisotopic (exact) mass is 256 g/mol. The second-order valence-electron chi connectivity index (χ2n) is 5.81. The number of nitrogens with one attached hydrogen (secondary N) is 1. The van der Waals surface area contributed by atoms with Crippen molar-refractivity contribution in [3.63, 3.8) is 0 Å². The first-order valence-corrected chi connectivity index (χ1v) is 7.03. The normalized spacial score (nSPS) is 19.1. The van der Waals surface area contributed by atoms with Crippen LogP contribution in [0.15, 0.2) is 0 Å². The maximum atomic E-state index is 12.0. The molecular weight excluding hydrogens is 228 g/mol. The molecule has 1 N–H and O–H groups in total. The highest BCUT2D eigenvalue weighted by molar-refractivity contribution is 5.80. The SMILES string of the molecule is CCCN(CC(C)(NC1CC1)C(=O)OC)C(C)C. The van der Waals surface area contributed by atoms with E-state index < -0.39 is 5.54 Å². The van der Waals surface area contributed by atoms with Gasteiger partial charge in [0, 0.05) is 18.6 Å². The Morgan fingerprint density at radius 1 is 1.50 bits per heavy atom. The number of nitrogens with zero attached hydrogens (tertiary/aromatic N) is 1. The lowest BCUT2D eigenvalue weighted by molar-refractivity contribution is -0.149. The zero-order valence-electron chi connectivity index (χ0n) is 12.5. The van der Waals surface area contributed by atoms with E-state index >= 15 is 0 Å². The molecular formula is C14H28N2O2. The van der Waals surface area contributed by atoms with Crippen LogP contribution in [-0.2, 0) is 9.53 Å². The Morgan fingerprint density at radius 2 is 2.11 bits per heavy atom. The minimum Gasteiger partial charge on any atom is -0.468 e. The van der Waals surface area contributed by atoms with Gasteiger partial charge in [0.2, 0.25) is 0 Å². The summed E-state index contributed by atoms with van der Waals surface area (Å²) in [7, 11) is 1.47. The van der Waals surface area contributed by atoms with Crippen LogP contribution in [-0.4, -0.2) is 48.7 Å². The van der Waals surface area contributed by atoms with E-state index in [0.717, 1.165) is 13.0 Å². The molecule has 1 aliphatic rings. The number of carbonyl (C=O) groups excluding carboxylic acids is 1. The Bertz CT molecular complexity index is 277. The lowest BCUT2D eigenvalue weighted by Crippen LogP contribution is -2.59. The first kappa shape index (κ1) is 15.4. The minimum absolute atomic E-state index is 0.156. The van der Waals surface area contributed by atoms with Crippen LogP contribution in [0.5, 0.6) is 0 Å². The van der Waals surface area contributed by atoms with Crippen molar-refractivity contribution in [2.24, 2.45) is 0 Å². The molecule has 0 saturated heterocycles. The first-order chi connectivity index (χ1) is 8.42. The number of hydrogen-bond donors (Lipinski definition) is 1. The van der Waals surface area contributed by atoms with Gasteiger partial charge >= 0.3 is 5.97 Å². The van der Waals surface area contributed by atoms with Gasteiger partial charge in [0.1, 0.15) is 5.54 Å². The largest absolute Gasteiger partial charge is 0.468 e. The van der Waals surface area contributed by atoms with Gasteiger partial charge in [-0.3, -0.25) is 15.0 Å². The molecule has 1 saturated carbocycles. The molecule has 18 heavy (non-hydrogen) atoms. The van der Waals surface area contributed by atoms with Crippen molar-refractivity contribution in [3.05, 3.63) is 0 Å². The van der Waals surface area contributed by atoms with Gasteiger partial charge in [-0.05, 0) is 46.6 Å². The van der Waals surface area contributed by atoms with E-state index in [0.29, 0.717) is 18.6 Å². The summed E-state index contributed by atoms with van der Waals surface area (Å²) >= 11 is 0. The van der Waals surface area contributed by atoms with Gasteiger partial charge in [-0.1, -0.05) is 6.92 Å². The first-order valence-electron chi connectivity index (χ1n) is 7.03. The van der Waals surface area contributed by atoms with Gasteiger partial charge in [-0.25, -0.2) is 0 Å². The summed E-state index contributed by atoms with van der Waals surface area (Å²) in [4.78, 5) is 14.4. The standard InChI is InChI=1S/C14H28N2O2/c1-6-9-16(11(2)3)10-14(4,13(17)18-5)15-12-7-8-12/h11-12,15H,6-10H2,1-5H3. The quantitative estimate of drug-likeness (QED) is 0.672. The van der Waals surface area contributed by atoms with Gasteiger partial charge in [0.05, 0.1) is 7.11 Å². The summed E-state index contributed by atoms with van der Waals surface area (Å²) in [5, 5.41) is 3.45. The molecule has 0 aromatic carbocycles. The Kier molecular flexibility index (Phi) is 5.60. The van der Waals surface area contributed by atoms with E-state index in [4.69, 9.17) is 4.74 Å². The van der Waals surface area contributed by atoms with Gasteiger partial charge < -0.3 is 4.74 Å². The molecule has 4 nitrogen and oxygen atoms in total. The Balaban J connectivity index is 2.71. The fourth-order valence-electron chi connectivity index (χ4n) is 2.29. The van der Waals surface area contributed by atoms with Crippen molar-refractivity contribution < 1.29 is 9.53 Å². The molecule has 0 aromatic heterocycles. The third-order valence-corrected chi connectivity index (χ3v) is 3.50. The summed E-state index contributed by atoms with van der Waals surface area (Å²) in [6.07, 6.45) is 3.43. The molecule has 1 unspecified atom stereocenters. The number of hydrogen-bond acceptors (Lipinski definition) is 4. The highest BCUT2D eigenvalue weighted by Gasteiger charge is 2.40. The average Bonchev–Trinajstić information content (AvgIpc) is 3.10. The lowest BCUT2D eigenvalue weighted by Gasteiger charge is -2.36. The van der Waals surface area contributed by atoms with Crippen LogP contribution >= 0.6 is 0 Å². The van der Waals surface area contributed by atoms with Crippen molar-refractivity contribution in [2.45, 2.75) is 64.6 Å². The number of methoxy groups -OCH3 is 1. The Labute approximate surface area is 111 Å². The summed E-state index contributed by atoms with van der Waals surface area (Å²) in [5.74, 6) is -0.156. The zero-order chi connectivity index (χ0) is 13.8. The van der Waals surface area contributed by atoms with Crippen molar-refractivity contribution in [2.75, 3.05) is 20.2 Å². The molecule has 0 bridgehead atoms. The molecule has 0 aliphatic heterocycles. The third-order valence-electron chi connectivity index (χ3n) is 3.50. The van der Waals surface area contributed by atoms with E-state index in [1.165, 1.54) is 20.0 Å². The average molecular weight is 256 g/mol. The molecule has 1 fully saturated rings. The number of rotatable bonds is 8. The minimum atomic E-state index is -0.588. The third kappa shape index (κ3) is 4.25. The summed E-state index contributed by atoms with van der Waals surface area (Å²) in [5.41, 5.74) is -0.588. The fraction of sp³-hybridized carbons (Fsp3) is 0.929. The van der Waals surface area contributed by atoms with Crippen LogP contribution in [0, 0.1) is 0 Å². The van der Waals surface area contributed by atoms with Crippen LogP contribution < -0.4 is 5.32 Å². The Morgan fingerprint density at radius 3 is 2.50 bits per heavy atom. The predicted octanol–water partition coefficient (Wildman–Crippen LogP) is 1.79. The maximum Gasteiger partial charge on any atom is 0.327 e. The lowest BCUT2D eigenvalue weighted by atomic mass is 10.0. The summed E-state index contributed by atoms with van der Waals surface area (Å²) in [6, 6.07) is 0.930. The van der Waals surface area contributed by atoms with Crippen molar-refractivity contribution in [1.82, 2.24) is 10.2 Å². The molecule has 0 aromatic rings. The number of carbonyl (C=O) groups is 1. The molecule has 0 spiro atoms. The van der Waals surface area contributed by atoms with Crippen molar-refractivity contribution >= 4 is 5.97 Å². The molecule has 0 radical (unpaired) electrons. The molecule has 106 valence electrons. The van der Waals surface area contributed by atoms with Gasteiger partial charge in [0.25, 0.3) is 0 Å². The zero-order valence-corrected chi connectivity index (χ0v) is 12.5. The van der Waals surface area contributed by atoms with Crippen molar-refractivity contribution in [1.29, 1.82) is 0 Å². The highest BCUT2D eigenvalue weighted by Crippen LogP contribution is 2.24. The number of ether oxygens (including phenoxy) is 1. The van der Waals surface area contributed by atoms with Crippen molar-refractivity contribution in [3.8, 4) is 0 Å². The summed E-state index contributed by atoms with van der Waals surface area (Å²) in [6.45, 7) is 10.2. The topological polar surface area (TPSA) is 41.6 Å². The van der Waals surface area contributed by atoms with Crippen LogP contribution in [0.2, 0.25) is 0 Å². The van der Waals surface area contributed by atoms with Gasteiger partial charge in [0.15, 0.2) is 0 Å². The molecule has 1 rings (SSSR count). The van der Waals surface area contributed by atoms with E-state index in [9.17, 15) is 4.79 Å². The molecule has 0 amide bonds. The second kappa shape index (κ2) is 6.53. The molecule has 1 aliphatic carbocycles. The highest BCUT2D eigenvalue weighted by atomic mass is 16.5. The fourth-order valence-corrected chi connectivity index (χ4v) is 2.29. The smallest absolute Gasteiger partial charge is 0.327 e. The molecule has 4 heteroatoms. The van der Waals surface area contributed by atoms with Crippen LogP contribution in [0.3, 0.4) is 0 Å². The van der Waals surface area contributed by atoms with E-state index in [2.05, 4.69) is 31.0 Å². The summed E-state index contributed by atoms with van der Waals surface area (Å²) < 4.78 is 4.97. The van der Waals surface area contributed by atoms with Crippen LogP contribution in [0.25, 0.3) is 0 Å². The number of esters is 1. The maximum absolute atomic E-state index is 12.0.